The molecule has 0 aliphatic carbocycles. The number of guanidine groups is 1. The van der Waals surface area contributed by atoms with Gasteiger partial charge in [0.25, 0.3) is 5.91 Å². The molecule has 30 heavy (non-hydrogen) atoms. The lowest BCUT2D eigenvalue weighted by atomic mass is 10.2. The monoisotopic (exact) mass is 431 g/mol. The Hall–Kier alpha value is -2.77. The number of hydrogen-bond donors (Lipinski definition) is 2. The fourth-order valence-corrected chi connectivity index (χ4v) is 3.22. The van der Waals surface area contributed by atoms with Crippen LogP contribution in [0.1, 0.15) is 30.1 Å². The Balaban J connectivity index is 1.77. The van der Waals surface area contributed by atoms with Crippen molar-refractivity contribution in [3.05, 3.63) is 53.1 Å². The number of carbonyl (C=O) groups excluding carboxylic acids is 1. The van der Waals surface area contributed by atoms with E-state index < -0.39 is 0 Å². The lowest BCUT2D eigenvalue weighted by Crippen LogP contribution is -2.36. The Morgan fingerprint density at radius 3 is 2.73 bits per heavy atom. The second-order valence-corrected chi connectivity index (χ2v) is 7.14. The number of hydrogen-bond acceptors (Lipinski definition) is 5. The van der Waals surface area contributed by atoms with E-state index in [0.717, 1.165) is 19.4 Å². The van der Waals surface area contributed by atoms with E-state index >= 15 is 0 Å². The van der Waals surface area contributed by atoms with E-state index in [0.29, 0.717) is 46.9 Å². The van der Waals surface area contributed by atoms with Crippen LogP contribution >= 0.6 is 11.6 Å². The van der Waals surface area contributed by atoms with E-state index in [9.17, 15) is 4.79 Å². The predicted molar refractivity (Wildman–Crippen MR) is 118 cm³/mol. The summed E-state index contributed by atoms with van der Waals surface area (Å²) in [6.45, 7) is 3.66. The number of carbonyl (C=O) groups is 1. The lowest BCUT2D eigenvalue weighted by Gasteiger charge is -2.16. The van der Waals surface area contributed by atoms with Gasteiger partial charge in [0.1, 0.15) is 11.5 Å². The van der Waals surface area contributed by atoms with Crippen molar-refractivity contribution in [1.82, 2.24) is 5.32 Å². The molecule has 1 saturated heterocycles. The van der Waals surface area contributed by atoms with Gasteiger partial charge >= 0.3 is 0 Å². The van der Waals surface area contributed by atoms with Crippen LogP contribution in [0, 0.1) is 0 Å². The van der Waals surface area contributed by atoms with Crippen LogP contribution in [0.2, 0.25) is 5.02 Å². The number of nitrogens with zero attached hydrogens (tertiary/aromatic N) is 1. The van der Waals surface area contributed by atoms with Crippen LogP contribution in [0.3, 0.4) is 0 Å². The maximum absolute atomic E-state index is 12.8. The van der Waals surface area contributed by atoms with Gasteiger partial charge in [0.2, 0.25) is 5.96 Å². The number of rotatable bonds is 7. The van der Waals surface area contributed by atoms with Crippen molar-refractivity contribution in [3.63, 3.8) is 0 Å². The Kier molecular flexibility index (Phi) is 7.93. The van der Waals surface area contributed by atoms with Crippen LogP contribution in [0.4, 0.5) is 5.69 Å². The number of methoxy groups -OCH3 is 1. The third-order valence-corrected chi connectivity index (χ3v) is 4.79. The molecule has 1 unspecified atom stereocenters. The fraction of sp³-hybridized carbons (Fsp3) is 0.364. The largest absolute Gasteiger partial charge is 0.495 e. The van der Waals surface area contributed by atoms with Gasteiger partial charge < -0.3 is 19.5 Å². The van der Waals surface area contributed by atoms with Gasteiger partial charge in [-0.2, -0.15) is 0 Å². The van der Waals surface area contributed by atoms with Crippen molar-refractivity contribution in [2.45, 2.75) is 25.9 Å². The maximum Gasteiger partial charge on any atom is 0.257 e. The molecule has 1 aliphatic heterocycles. The molecule has 1 amide bonds. The maximum atomic E-state index is 12.8. The smallest absolute Gasteiger partial charge is 0.257 e. The topological polar surface area (TPSA) is 81.2 Å². The second-order valence-electron chi connectivity index (χ2n) is 6.71. The highest BCUT2D eigenvalue weighted by molar-refractivity contribution is 6.31. The molecule has 0 saturated carbocycles. The molecule has 2 aromatic carbocycles. The number of ether oxygens (including phenoxy) is 3. The molecule has 8 heteroatoms. The number of anilines is 1. The lowest BCUT2D eigenvalue weighted by molar-refractivity contribution is 0.0975. The van der Waals surface area contributed by atoms with Crippen molar-refractivity contribution in [3.8, 4) is 11.5 Å². The van der Waals surface area contributed by atoms with E-state index in [1.165, 1.54) is 0 Å². The molecule has 1 heterocycles. The fourth-order valence-electron chi connectivity index (χ4n) is 3.05. The van der Waals surface area contributed by atoms with Gasteiger partial charge in [0.15, 0.2) is 0 Å². The summed E-state index contributed by atoms with van der Waals surface area (Å²) >= 11 is 6.13. The summed E-state index contributed by atoms with van der Waals surface area (Å²) in [7, 11) is 1.57. The Morgan fingerprint density at radius 2 is 2.07 bits per heavy atom. The van der Waals surface area contributed by atoms with Crippen molar-refractivity contribution in [2.75, 3.05) is 32.2 Å². The number of halogens is 1. The highest BCUT2D eigenvalue weighted by atomic mass is 35.5. The number of benzene rings is 2. The van der Waals surface area contributed by atoms with Crippen molar-refractivity contribution >= 4 is 29.2 Å². The van der Waals surface area contributed by atoms with E-state index in [1.807, 2.05) is 6.92 Å². The van der Waals surface area contributed by atoms with Gasteiger partial charge in [-0.25, -0.2) is 4.99 Å². The molecular weight excluding hydrogens is 406 g/mol. The van der Waals surface area contributed by atoms with Crippen molar-refractivity contribution in [2.24, 2.45) is 4.99 Å². The Labute approximate surface area is 181 Å². The van der Waals surface area contributed by atoms with Gasteiger partial charge in [-0.3, -0.25) is 10.1 Å². The first-order valence-corrected chi connectivity index (χ1v) is 10.3. The molecule has 7 nitrogen and oxygen atoms in total. The van der Waals surface area contributed by atoms with Crippen LogP contribution in [0.25, 0.3) is 0 Å². The minimum Gasteiger partial charge on any atom is -0.495 e. The van der Waals surface area contributed by atoms with Crippen LogP contribution in [0.5, 0.6) is 11.5 Å². The number of amides is 1. The van der Waals surface area contributed by atoms with Crippen molar-refractivity contribution < 1.29 is 19.0 Å². The van der Waals surface area contributed by atoms with E-state index in [4.69, 9.17) is 25.8 Å². The molecule has 1 atom stereocenters. The summed E-state index contributed by atoms with van der Waals surface area (Å²) < 4.78 is 16.4. The molecule has 2 aromatic rings. The average Bonchev–Trinajstić information content (AvgIpc) is 3.26. The van der Waals surface area contributed by atoms with Crippen molar-refractivity contribution in [1.29, 1.82) is 0 Å². The van der Waals surface area contributed by atoms with Gasteiger partial charge in [-0.1, -0.05) is 11.6 Å². The summed E-state index contributed by atoms with van der Waals surface area (Å²) in [5.41, 5.74) is 1.09. The average molecular weight is 432 g/mol. The minimum absolute atomic E-state index is 0.0467. The predicted octanol–water partition coefficient (Wildman–Crippen LogP) is 4.12. The summed E-state index contributed by atoms with van der Waals surface area (Å²) in [6, 6.07) is 12.1. The molecule has 0 radical (unpaired) electrons. The standard InChI is InChI=1S/C22H26ClN3O4/c1-3-29-17-9-6-15(7-10-17)21(27)26-22(24-14-18-5-4-12-30-18)25-19-13-16(23)8-11-20(19)28-2/h6-11,13,18H,3-5,12,14H2,1-2H3,(H2,24,25,26,27). The molecular formula is C22H26ClN3O4. The minimum atomic E-state index is -0.294. The molecule has 160 valence electrons. The van der Waals surface area contributed by atoms with Gasteiger partial charge in [-0.15, -0.1) is 0 Å². The van der Waals surface area contributed by atoms with E-state index in [2.05, 4.69) is 15.6 Å². The summed E-state index contributed by atoms with van der Waals surface area (Å²) in [4.78, 5) is 17.3. The summed E-state index contributed by atoms with van der Waals surface area (Å²) in [5, 5.41) is 6.49. The normalized spacial score (nSPS) is 16.2. The Morgan fingerprint density at radius 1 is 1.27 bits per heavy atom. The zero-order valence-electron chi connectivity index (χ0n) is 17.1. The zero-order chi connectivity index (χ0) is 21.3. The molecule has 0 spiro atoms. The van der Waals surface area contributed by atoms with Gasteiger partial charge in [-0.05, 0) is 62.2 Å². The zero-order valence-corrected chi connectivity index (χ0v) is 17.9. The number of aliphatic imine (C=N–C) groups is 1. The third kappa shape index (κ3) is 6.11. The van der Waals surface area contributed by atoms with Gasteiger partial charge in [0, 0.05) is 17.2 Å². The highest BCUT2D eigenvalue weighted by Gasteiger charge is 2.17. The van der Waals surface area contributed by atoms with Crippen LogP contribution < -0.4 is 20.1 Å². The number of nitrogens with one attached hydrogen (secondary N) is 2. The Bertz CT molecular complexity index is 880. The first kappa shape index (κ1) is 21.9. The third-order valence-electron chi connectivity index (χ3n) is 4.55. The molecule has 0 aromatic heterocycles. The SMILES string of the molecule is CCOc1ccc(C(=O)NC(=NCC2CCCO2)Nc2cc(Cl)ccc2OC)cc1. The molecule has 1 fully saturated rings. The summed E-state index contributed by atoms with van der Waals surface area (Å²) in [5.74, 6) is 1.30. The summed E-state index contributed by atoms with van der Waals surface area (Å²) in [6.07, 6.45) is 2.01. The molecule has 1 aliphatic rings. The first-order chi connectivity index (χ1) is 14.6. The molecule has 3 rings (SSSR count). The first-order valence-electron chi connectivity index (χ1n) is 9.90. The molecule has 0 bridgehead atoms. The van der Waals surface area contributed by atoms with Crippen LogP contribution in [-0.2, 0) is 4.74 Å². The van der Waals surface area contributed by atoms with E-state index in [-0.39, 0.29) is 12.0 Å². The quantitative estimate of drug-likeness (QED) is 0.509. The second kappa shape index (κ2) is 10.8. The molecule has 2 N–H and O–H groups in total. The van der Waals surface area contributed by atoms with Crippen LogP contribution in [0.15, 0.2) is 47.5 Å². The van der Waals surface area contributed by atoms with Crippen LogP contribution in [-0.4, -0.2) is 44.8 Å². The van der Waals surface area contributed by atoms with E-state index in [1.54, 1.807) is 49.6 Å². The highest BCUT2D eigenvalue weighted by Crippen LogP contribution is 2.27. The van der Waals surface area contributed by atoms with Gasteiger partial charge in [0.05, 0.1) is 32.1 Å².